The minimum atomic E-state index is -3.53. The SMILES string of the molecule is C[C@@H]1CN(C(=O)CCN=C2NS(=O)(=O)c3ccccc32)C[C@@H](C)O1. The van der Waals surface area contributed by atoms with E-state index < -0.39 is 10.0 Å². The Kier molecular flexibility index (Phi) is 4.60. The second-order valence-corrected chi connectivity index (χ2v) is 7.79. The topological polar surface area (TPSA) is 88.1 Å². The molecule has 2 heterocycles. The fraction of sp³-hybridized carbons (Fsp3) is 0.500. The zero-order chi connectivity index (χ0) is 17.3. The second kappa shape index (κ2) is 6.52. The fourth-order valence-electron chi connectivity index (χ4n) is 3.05. The second-order valence-electron chi connectivity index (χ2n) is 6.14. The number of nitrogens with zero attached hydrogens (tertiary/aromatic N) is 2. The van der Waals surface area contributed by atoms with Gasteiger partial charge in [0.1, 0.15) is 5.84 Å². The molecule has 1 aromatic rings. The number of carbonyl (C=O) groups excluding carboxylic acids is 1. The molecule has 1 N–H and O–H groups in total. The Labute approximate surface area is 141 Å². The van der Waals surface area contributed by atoms with Gasteiger partial charge in [0.05, 0.1) is 23.6 Å². The summed E-state index contributed by atoms with van der Waals surface area (Å²) in [5.41, 5.74) is 0.554. The van der Waals surface area contributed by atoms with E-state index in [1.54, 1.807) is 29.2 Å². The molecule has 0 unspecified atom stereocenters. The molecule has 1 amide bonds. The summed E-state index contributed by atoms with van der Waals surface area (Å²) in [5, 5.41) is 0. The Bertz CT molecular complexity index is 765. The Morgan fingerprint density at radius 2 is 1.96 bits per heavy atom. The van der Waals surface area contributed by atoms with Crippen LogP contribution in [-0.2, 0) is 19.6 Å². The highest BCUT2D eigenvalue weighted by molar-refractivity contribution is 7.90. The van der Waals surface area contributed by atoms with Gasteiger partial charge in [-0.3, -0.25) is 14.5 Å². The van der Waals surface area contributed by atoms with Gasteiger partial charge in [0.25, 0.3) is 10.0 Å². The molecule has 2 atom stereocenters. The monoisotopic (exact) mass is 351 g/mol. The number of fused-ring (bicyclic) bond motifs is 1. The highest BCUT2D eigenvalue weighted by atomic mass is 32.2. The van der Waals surface area contributed by atoms with Gasteiger partial charge in [-0.2, -0.15) is 0 Å². The molecule has 0 aromatic heterocycles. The Balaban J connectivity index is 1.64. The van der Waals surface area contributed by atoms with Crippen molar-refractivity contribution in [2.75, 3.05) is 19.6 Å². The first-order chi connectivity index (χ1) is 11.4. The first-order valence-corrected chi connectivity index (χ1v) is 9.45. The van der Waals surface area contributed by atoms with Crippen molar-refractivity contribution >= 4 is 21.8 Å². The number of nitrogens with one attached hydrogen (secondary N) is 1. The summed E-state index contributed by atoms with van der Waals surface area (Å²) in [6, 6.07) is 6.69. The van der Waals surface area contributed by atoms with Crippen LogP contribution in [0.2, 0.25) is 0 Å². The number of sulfonamides is 1. The van der Waals surface area contributed by atoms with Gasteiger partial charge in [-0.25, -0.2) is 8.42 Å². The number of rotatable bonds is 3. The molecular formula is C16H21N3O4S. The average Bonchev–Trinajstić information content (AvgIpc) is 2.78. The average molecular weight is 351 g/mol. The van der Waals surface area contributed by atoms with Crippen molar-refractivity contribution in [3.05, 3.63) is 29.8 Å². The van der Waals surface area contributed by atoms with Crippen LogP contribution in [0.15, 0.2) is 34.2 Å². The van der Waals surface area contributed by atoms with Crippen LogP contribution in [0.1, 0.15) is 25.8 Å². The summed E-state index contributed by atoms with van der Waals surface area (Å²) in [4.78, 5) is 18.6. The first-order valence-electron chi connectivity index (χ1n) is 7.97. The summed E-state index contributed by atoms with van der Waals surface area (Å²) in [7, 11) is -3.53. The van der Waals surface area contributed by atoms with Gasteiger partial charge in [0.15, 0.2) is 0 Å². The molecule has 8 heteroatoms. The lowest BCUT2D eigenvalue weighted by atomic mass is 10.2. The lowest BCUT2D eigenvalue weighted by Crippen LogP contribution is -2.48. The zero-order valence-corrected chi connectivity index (χ0v) is 14.5. The molecule has 2 aliphatic rings. The lowest BCUT2D eigenvalue weighted by Gasteiger charge is -2.35. The van der Waals surface area contributed by atoms with Gasteiger partial charge in [0.2, 0.25) is 5.91 Å². The summed E-state index contributed by atoms with van der Waals surface area (Å²) < 4.78 is 32.1. The van der Waals surface area contributed by atoms with Gasteiger partial charge in [0, 0.05) is 25.1 Å². The van der Waals surface area contributed by atoms with Crippen LogP contribution in [0.5, 0.6) is 0 Å². The van der Waals surface area contributed by atoms with Crippen molar-refractivity contribution in [2.24, 2.45) is 4.99 Å². The summed E-state index contributed by atoms with van der Waals surface area (Å²) in [6.45, 7) is 5.29. The van der Waals surface area contributed by atoms with Crippen LogP contribution in [0, 0.1) is 0 Å². The quantitative estimate of drug-likeness (QED) is 0.870. The molecule has 1 fully saturated rings. The molecule has 2 aliphatic heterocycles. The predicted octanol–water partition coefficient (Wildman–Crippen LogP) is 0.751. The standard InChI is InChI=1S/C16H21N3O4S/c1-11-9-19(10-12(2)23-11)15(20)7-8-17-16-13-5-3-4-6-14(13)24(21,22)18-16/h3-6,11-12H,7-10H2,1-2H3,(H,17,18)/t11-,12-/m1/s1. The number of amides is 1. The molecule has 0 radical (unpaired) electrons. The highest BCUT2D eigenvalue weighted by Crippen LogP contribution is 2.22. The lowest BCUT2D eigenvalue weighted by molar-refractivity contribution is -0.142. The molecule has 3 rings (SSSR count). The first kappa shape index (κ1) is 16.9. The number of hydrogen-bond acceptors (Lipinski definition) is 5. The zero-order valence-electron chi connectivity index (χ0n) is 13.7. The molecule has 0 saturated carbocycles. The molecule has 1 saturated heterocycles. The van der Waals surface area contributed by atoms with Crippen molar-refractivity contribution in [1.82, 2.24) is 9.62 Å². The molecule has 1 aromatic carbocycles. The van der Waals surface area contributed by atoms with E-state index in [1.807, 2.05) is 13.8 Å². The van der Waals surface area contributed by atoms with Crippen molar-refractivity contribution in [3.8, 4) is 0 Å². The van der Waals surface area contributed by atoms with Crippen LogP contribution < -0.4 is 4.72 Å². The molecule has 0 spiro atoms. The van der Waals surface area contributed by atoms with E-state index in [-0.39, 0.29) is 36.0 Å². The van der Waals surface area contributed by atoms with Gasteiger partial charge in [-0.1, -0.05) is 12.1 Å². The molecule has 24 heavy (non-hydrogen) atoms. The van der Waals surface area contributed by atoms with Gasteiger partial charge < -0.3 is 9.64 Å². The van der Waals surface area contributed by atoms with E-state index in [0.29, 0.717) is 24.5 Å². The Morgan fingerprint density at radius 3 is 2.67 bits per heavy atom. The largest absolute Gasteiger partial charge is 0.372 e. The van der Waals surface area contributed by atoms with Gasteiger partial charge in [-0.15, -0.1) is 0 Å². The van der Waals surface area contributed by atoms with Crippen LogP contribution in [0.3, 0.4) is 0 Å². The maximum atomic E-state index is 12.3. The van der Waals surface area contributed by atoms with Crippen LogP contribution in [-0.4, -0.2) is 56.9 Å². The third-order valence-corrected chi connectivity index (χ3v) is 5.43. The van der Waals surface area contributed by atoms with Crippen molar-refractivity contribution in [3.63, 3.8) is 0 Å². The Morgan fingerprint density at radius 1 is 1.29 bits per heavy atom. The third kappa shape index (κ3) is 3.44. The molecule has 0 aliphatic carbocycles. The summed E-state index contributed by atoms with van der Waals surface area (Å²) >= 11 is 0. The minimum Gasteiger partial charge on any atom is -0.372 e. The summed E-state index contributed by atoms with van der Waals surface area (Å²) in [5.74, 6) is 0.317. The number of carbonyl (C=O) groups is 1. The maximum Gasteiger partial charge on any atom is 0.263 e. The molecule has 130 valence electrons. The molecule has 7 nitrogen and oxygen atoms in total. The predicted molar refractivity (Wildman–Crippen MR) is 89.4 cm³/mol. The molecule has 0 bridgehead atoms. The Hall–Kier alpha value is -1.93. The van der Waals surface area contributed by atoms with E-state index in [0.717, 1.165) is 0 Å². The van der Waals surface area contributed by atoms with Crippen molar-refractivity contribution in [1.29, 1.82) is 0 Å². The van der Waals surface area contributed by atoms with Crippen molar-refractivity contribution < 1.29 is 17.9 Å². The normalized spacial score (nSPS) is 26.9. The van der Waals surface area contributed by atoms with Crippen LogP contribution >= 0.6 is 0 Å². The number of ether oxygens (including phenoxy) is 1. The van der Waals surface area contributed by atoms with Crippen molar-refractivity contribution in [2.45, 2.75) is 37.4 Å². The third-order valence-electron chi connectivity index (χ3n) is 4.03. The molecular weight excluding hydrogens is 330 g/mol. The smallest absolute Gasteiger partial charge is 0.263 e. The number of hydrogen-bond donors (Lipinski definition) is 1. The van der Waals surface area contributed by atoms with Crippen LogP contribution in [0.4, 0.5) is 0 Å². The van der Waals surface area contributed by atoms with E-state index in [4.69, 9.17) is 4.74 Å². The van der Waals surface area contributed by atoms with E-state index in [1.165, 1.54) is 0 Å². The number of benzene rings is 1. The minimum absolute atomic E-state index is 0.00971. The number of aliphatic imine (C=N–C) groups is 1. The summed E-state index contributed by atoms with van der Waals surface area (Å²) in [6.07, 6.45) is 0.294. The van der Waals surface area contributed by atoms with Crippen LogP contribution in [0.25, 0.3) is 0 Å². The highest BCUT2D eigenvalue weighted by Gasteiger charge is 2.30. The number of amidine groups is 1. The van der Waals surface area contributed by atoms with E-state index in [9.17, 15) is 13.2 Å². The fourth-order valence-corrected chi connectivity index (χ4v) is 4.31. The van der Waals surface area contributed by atoms with Gasteiger partial charge in [-0.05, 0) is 26.0 Å². The van der Waals surface area contributed by atoms with Gasteiger partial charge >= 0.3 is 0 Å². The number of morpholine rings is 1. The van der Waals surface area contributed by atoms with E-state index in [2.05, 4.69) is 9.71 Å². The van der Waals surface area contributed by atoms with E-state index >= 15 is 0 Å². The maximum absolute atomic E-state index is 12.3.